The van der Waals surface area contributed by atoms with Crippen LogP contribution in [0, 0.1) is 30.3 Å². The highest BCUT2D eigenvalue weighted by atomic mass is 16.6. The van der Waals surface area contributed by atoms with Crippen molar-refractivity contribution in [3.8, 4) is 0 Å². The quantitative estimate of drug-likeness (QED) is 0.577. The standard InChI is InChI=1S/C10H11N3O7/c1-3-20-6(2)10-8(12(16)17)4-7(11(14)15)5-9(10)13(18)19/h4-6H,3H2,1-2H3. The van der Waals surface area contributed by atoms with Crippen LogP contribution >= 0.6 is 0 Å². The second-order valence-corrected chi connectivity index (χ2v) is 3.77. The van der Waals surface area contributed by atoms with E-state index in [2.05, 4.69) is 0 Å². The molecule has 1 rings (SSSR count). The van der Waals surface area contributed by atoms with Crippen LogP contribution in [0.2, 0.25) is 0 Å². The van der Waals surface area contributed by atoms with Crippen molar-refractivity contribution in [3.63, 3.8) is 0 Å². The maximum absolute atomic E-state index is 11.0. The van der Waals surface area contributed by atoms with Crippen molar-refractivity contribution >= 4 is 17.1 Å². The van der Waals surface area contributed by atoms with Gasteiger partial charge in [-0.05, 0) is 13.8 Å². The van der Waals surface area contributed by atoms with E-state index in [-0.39, 0.29) is 12.2 Å². The molecule has 1 atom stereocenters. The summed E-state index contributed by atoms with van der Waals surface area (Å²) >= 11 is 0. The van der Waals surface area contributed by atoms with Gasteiger partial charge in [0.1, 0.15) is 5.56 Å². The Hall–Kier alpha value is -2.62. The molecule has 1 aromatic rings. The van der Waals surface area contributed by atoms with Gasteiger partial charge in [0.15, 0.2) is 0 Å². The molecule has 0 N–H and O–H groups in total. The third-order valence-corrected chi connectivity index (χ3v) is 2.55. The molecule has 0 spiro atoms. The van der Waals surface area contributed by atoms with Crippen LogP contribution in [0.1, 0.15) is 25.5 Å². The molecule has 0 heterocycles. The zero-order valence-electron chi connectivity index (χ0n) is 10.6. The minimum absolute atomic E-state index is 0.187. The SMILES string of the molecule is CCOC(C)c1c([N+](=O)[O-])cc([N+](=O)[O-])cc1[N+](=O)[O-]. The molecule has 0 radical (unpaired) electrons. The predicted molar refractivity (Wildman–Crippen MR) is 66.4 cm³/mol. The number of benzene rings is 1. The van der Waals surface area contributed by atoms with Crippen molar-refractivity contribution in [2.24, 2.45) is 0 Å². The Bertz CT molecular complexity index is 537. The largest absolute Gasteiger partial charge is 0.374 e. The van der Waals surface area contributed by atoms with Crippen LogP contribution in [0.3, 0.4) is 0 Å². The number of non-ortho nitro benzene ring substituents is 1. The first-order chi connectivity index (χ1) is 9.29. The van der Waals surface area contributed by atoms with Crippen LogP contribution in [-0.2, 0) is 4.74 Å². The Morgan fingerprint density at radius 3 is 1.80 bits per heavy atom. The highest BCUT2D eigenvalue weighted by Gasteiger charge is 2.33. The summed E-state index contributed by atoms with van der Waals surface area (Å²) in [5.74, 6) is 0. The summed E-state index contributed by atoms with van der Waals surface area (Å²) < 4.78 is 5.13. The van der Waals surface area contributed by atoms with Crippen LogP contribution in [0.15, 0.2) is 12.1 Å². The van der Waals surface area contributed by atoms with Gasteiger partial charge in [0.2, 0.25) is 0 Å². The van der Waals surface area contributed by atoms with Gasteiger partial charge in [-0.3, -0.25) is 30.3 Å². The topological polar surface area (TPSA) is 139 Å². The number of hydrogen-bond donors (Lipinski definition) is 0. The number of nitro groups is 3. The van der Waals surface area contributed by atoms with Crippen molar-refractivity contribution in [2.75, 3.05) is 6.61 Å². The molecule has 20 heavy (non-hydrogen) atoms. The lowest BCUT2D eigenvalue weighted by Gasteiger charge is -2.12. The molecule has 1 unspecified atom stereocenters. The molecule has 1 aromatic carbocycles. The van der Waals surface area contributed by atoms with Gasteiger partial charge < -0.3 is 4.74 Å². The van der Waals surface area contributed by atoms with E-state index in [0.717, 1.165) is 0 Å². The van der Waals surface area contributed by atoms with E-state index in [1.54, 1.807) is 6.92 Å². The van der Waals surface area contributed by atoms with E-state index >= 15 is 0 Å². The van der Waals surface area contributed by atoms with Gasteiger partial charge in [0, 0.05) is 6.61 Å². The maximum Gasteiger partial charge on any atom is 0.289 e. The molecule has 0 bridgehead atoms. The summed E-state index contributed by atoms with van der Waals surface area (Å²) in [7, 11) is 0. The molecular formula is C10H11N3O7. The van der Waals surface area contributed by atoms with Crippen LogP contribution in [0.5, 0.6) is 0 Å². The van der Waals surface area contributed by atoms with Crippen LogP contribution in [-0.4, -0.2) is 21.4 Å². The van der Waals surface area contributed by atoms with Crippen molar-refractivity contribution in [1.82, 2.24) is 0 Å². The zero-order valence-corrected chi connectivity index (χ0v) is 10.6. The van der Waals surface area contributed by atoms with Crippen molar-refractivity contribution in [2.45, 2.75) is 20.0 Å². The molecule has 0 fully saturated rings. The summed E-state index contributed by atoms with van der Waals surface area (Å²) in [5, 5.41) is 32.7. The molecule has 10 heteroatoms. The highest BCUT2D eigenvalue weighted by molar-refractivity contribution is 5.61. The lowest BCUT2D eigenvalue weighted by Crippen LogP contribution is -2.08. The number of nitrogens with zero attached hydrogens (tertiary/aromatic N) is 3. The van der Waals surface area contributed by atoms with Gasteiger partial charge in [-0.2, -0.15) is 0 Å². The fourth-order valence-corrected chi connectivity index (χ4v) is 1.77. The van der Waals surface area contributed by atoms with E-state index in [0.29, 0.717) is 12.1 Å². The van der Waals surface area contributed by atoms with Gasteiger partial charge in [-0.1, -0.05) is 0 Å². The van der Waals surface area contributed by atoms with E-state index in [9.17, 15) is 30.3 Å². The monoisotopic (exact) mass is 285 g/mol. The summed E-state index contributed by atoms with van der Waals surface area (Å²) in [6.07, 6.45) is -0.929. The van der Waals surface area contributed by atoms with Crippen LogP contribution < -0.4 is 0 Å². The second-order valence-electron chi connectivity index (χ2n) is 3.77. The molecule has 0 aliphatic heterocycles. The number of nitro benzene ring substituents is 3. The summed E-state index contributed by atoms with van der Waals surface area (Å²) in [4.78, 5) is 29.9. The molecule has 0 saturated carbocycles. The minimum atomic E-state index is -0.929. The molecule has 0 aliphatic carbocycles. The first-order valence-corrected chi connectivity index (χ1v) is 5.52. The van der Waals surface area contributed by atoms with Gasteiger partial charge in [-0.15, -0.1) is 0 Å². The highest BCUT2D eigenvalue weighted by Crippen LogP contribution is 2.38. The number of ether oxygens (including phenoxy) is 1. The Balaban J connectivity index is 3.63. The molecular weight excluding hydrogens is 274 g/mol. The average molecular weight is 285 g/mol. The lowest BCUT2D eigenvalue weighted by atomic mass is 10.0. The first kappa shape index (κ1) is 15.4. The third-order valence-electron chi connectivity index (χ3n) is 2.55. The van der Waals surface area contributed by atoms with Crippen LogP contribution in [0.4, 0.5) is 17.1 Å². The minimum Gasteiger partial charge on any atom is -0.374 e. The predicted octanol–water partition coefficient (Wildman–Crippen LogP) is 2.51. The number of hydrogen-bond acceptors (Lipinski definition) is 7. The second kappa shape index (κ2) is 6.02. The van der Waals surface area contributed by atoms with Crippen molar-refractivity contribution in [1.29, 1.82) is 0 Å². The van der Waals surface area contributed by atoms with Crippen LogP contribution in [0.25, 0.3) is 0 Å². The lowest BCUT2D eigenvalue weighted by molar-refractivity contribution is -0.404. The Kier molecular flexibility index (Phi) is 4.64. The summed E-state index contributed by atoms with van der Waals surface area (Å²) in [6.45, 7) is 3.22. The normalized spacial score (nSPS) is 11.9. The Labute approximate surface area is 112 Å². The number of rotatable bonds is 6. The first-order valence-electron chi connectivity index (χ1n) is 5.52. The third kappa shape index (κ3) is 3.03. The Morgan fingerprint density at radius 1 is 1.05 bits per heavy atom. The molecule has 0 saturated heterocycles. The molecule has 108 valence electrons. The zero-order chi connectivity index (χ0) is 15.4. The molecule has 0 aliphatic rings. The van der Waals surface area contributed by atoms with Gasteiger partial charge in [-0.25, -0.2) is 0 Å². The molecule has 0 amide bonds. The average Bonchev–Trinajstić information content (AvgIpc) is 2.36. The fraction of sp³-hybridized carbons (Fsp3) is 0.400. The van der Waals surface area contributed by atoms with Crippen molar-refractivity contribution in [3.05, 3.63) is 48.0 Å². The van der Waals surface area contributed by atoms with E-state index < -0.39 is 37.9 Å². The molecule has 10 nitrogen and oxygen atoms in total. The fourth-order valence-electron chi connectivity index (χ4n) is 1.77. The van der Waals surface area contributed by atoms with Crippen molar-refractivity contribution < 1.29 is 19.5 Å². The smallest absolute Gasteiger partial charge is 0.289 e. The van der Waals surface area contributed by atoms with Gasteiger partial charge in [0.25, 0.3) is 17.1 Å². The summed E-state index contributed by atoms with van der Waals surface area (Å²) in [6, 6.07) is 1.38. The molecule has 0 aromatic heterocycles. The maximum atomic E-state index is 11.0. The Morgan fingerprint density at radius 2 is 1.50 bits per heavy atom. The van der Waals surface area contributed by atoms with E-state index in [4.69, 9.17) is 4.74 Å². The van der Waals surface area contributed by atoms with Gasteiger partial charge >= 0.3 is 0 Å². The van der Waals surface area contributed by atoms with E-state index in [1.165, 1.54) is 6.92 Å². The van der Waals surface area contributed by atoms with E-state index in [1.807, 2.05) is 0 Å². The summed E-state index contributed by atoms with van der Waals surface area (Å²) in [5.41, 5.74) is -2.40. The van der Waals surface area contributed by atoms with Gasteiger partial charge in [0.05, 0.1) is 33.0 Å².